The molecule has 0 unspecified atom stereocenters. The Hall–Kier alpha value is -0.870. The molecular weight excluding hydrogens is 280 g/mol. The molecule has 17 heavy (non-hydrogen) atoms. The minimum Gasteiger partial charge on any atom is -0.381 e. The number of nitrogens with zero attached hydrogens (tertiary/aromatic N) is 2. The lowest BCUT2D eigenvalue weighted by molar-refractivity contribution is 0.0844. The summed E-state index contributed by atoms with van der Waals surface area (Å²) in [5, 5.41) is 0. The zero-order chi connectivity index (χ0) is 11.8. The molecule has 0 N–H and O–H groups in total. The number of hydrogen-bond acceptors (Lipinski definition) is 2. The van der Waals surface area contributed by atoms with Crippen LogP contribution in [0.3, 0.4) is 0 Å². The van der Waals surface area contributed by atoms with Gasteiger partial charge in [0.05, 0.1) is 5.69 Å². The van der Waals surface area contributed by atoms with E-state index in [1.54, 1.807) is 0 Å². The number of rotatable bonds is 1. The molecule has 3 rings (SSSR count). The van der Waals surface area contributed by atoms with Gasteiger partial charge in [-0.25, -0.2) is 4.98 Å². The average molecular weight is 295 g/mol. The van der Waals surface area contributed by atoms with E-state index < -0.39 is 0 Å². The first kappa shape index (κ1) is 11.2. The van der Waals surface area contributed by atoms with Crippen LogP contribution >= 0.6 is 15.9 Å². The Morgan fingerprint density at radius 1 is 1.41 bits per heavy atom. The fraction of sp³-hybridized carbons (Fsp3) is 0.462. The van der Waals surface area contributed by atoms with Crippen molar-refractivity contribution >= 4 is 21.6 Å². The van der Waals surface area contributed by atoms with E-state index >= 15 is 0 Å². The van der Waals surface area contributed by atoms with Gasteiger partial charge in [0, 0.05) is 25.3 Å². The van der Waals surface area contributed by atoms with E-state index in [0.29, 0.717) is 5.92 Å². The van der Waals surface area contributed by atoms with Crippen molar-refractivity contribution in [3.8, 4) is 0 Å². The number of imidazole rings is 1. The molecule has 2 aromatic rings. The maximum absolute atomic E-state index is 5.41. The SMILES string of the molecule is Cc1cccn2c(Br)c(C3CCOCC3)nc12. The van der Waals surface area contributed by atoms with Gasteiger partial charge in [-0.2, -0.15) is 0 Å². The summed E-state index contributed by atoms with van der Waals surface area (Å²) in [5.41, 5.74) is 3.45. The number of pyridine rings is 1. The molecule has 1 fully saturated rings. The van der Waals surface area contributed by atoms with E-state index in [2.05, 4.69) is 45.6 Å². The first-order chi connectivity index (χ1) is 8.27. The first-order valence-electron chi connectivity index (χ1n) is 5.98. The molecule has 1 saturated heterocycles. The minimum absolute atomic E-state index is 0.525. The molecule has 0 aromatic carbocycles. The van der Waals surface area contributed by atoms with Gasteiger partial charge in [-0.15, -0.1) is 0 Å². The number of ether oxygens (including phenoxy) is 1. The molecule has 3 nitrogen and oxygen atoms in total. The summed E-state index contributed by atoms with van der Waals surface area (Å²) >= 11 is 3.68. The van der Waals surface area contributed by atoms with E-state index in [1.165, 1.54) is 11.3 Å². The van der Waals surface area contributed by atoms with Crippen LogP contribution < -0.4 is 0 Å². The molecule has 0 aliphatic carbocycles. The van der Waals surface area contributed by atoms with Gasteiger partial charge in [0.25, 0.3) is 0 Å². The van der Waals surface area contributed by atoms with Crippen LogP contribution in [0.25, 0.3) is 5.65 Å². The zero-order valence-electron chi connectivity index (χ0n) is 9.82. The molecule has 0 radical (unpaired) electrons. The van der Waals surface area contributed by atoms with Gasteiger partial charge in [0.1, 0.15) is 10.3 Å². The average Bonchev–Trinajstić information content (AvgIpc) is 2.70. The van der Waals surface area contributed by atoms with Crippen LogP contribution in [-0.4, -0.2) is 22.6 Å². The quantitative estimate of drug-likeness (QED) is 0.807. The fourth-order valence-corrected chi connectivity index (χ4v) is 3.12. The second kappa shape index (κ2) is 4.42. The van der Waals surface area contributed by atoms with Gasteiger partial charge in [0.2, 0.25) is 0 Å². The third-order valence-electron chi connectivity index (χ3n) is 3.42. The third kappa shape index (κ3) is 1.89. The van der Waals surface area contributed by atoms with Crippen LogP contribution in [0.15, 0.2) is 22.9 Å². The van der Waals surface area contributed by atoms with E-state index in [4.69, 9.17) is 9.72 Å². The molecule has 0 atom stereocenters. The van der Waals surface area contributed by atoms with Crippen molar-refractivity contribution in [2.75, 3.05) is 13.2 Å². The van der Waals surface area contributed by atoms with Crippen LogP contribution in [0.2, 0.25) is 0 Å². The summed E-state index contributed by atoms with van der Waals surface area (Å²) in [5.74, 6) is 0.525. The molecule has 1 aliphatic heterocycles. The van der Waals surface area contributed by atoms with Crippen molar-refractivity contribution in [2.45, 2.75) is 25.7 Å². The smallest absolute Gasteiger partial charge is 0.140 e. The summed E-state index contributed by atoms with van der Waals surface area (Å²) in [6.07, 6.45) is 4.20. The van der Waals surface area contributed by atoms with Crippen LogP contribution in [0.5, 0.6) is 0 Å². The molecule has 0 amide bonds. The van der Waals surface area contributed by atoms with Crippen molar-refractivity contribution in [3.05, 3.63) is 34.2 Å². The molecule has 2 aromatic heterocycles. The zero-order valence-corrected chi connectivity index (χ0v) is 11.4. The highest BCUT2D eigenvalue weighted by Gasteiger charge is 2.22. The number of aromatic nitrogens is 2. The van der Waals surface area contributed by atoms with E-state index in [0.717, 1.165) is 36.3 Å². The predicted octanol–water partition coefficient (Wildman–Crippen LogP) is 3.30. The van der Waals surface area contributed by atoms with Crippen molar-refractivity contribution in [3.63, 3.8) is 0 Å². The Bertz CT molecular complexity index is 544. The van der Waals surface area contributed by atoms with Crippen molar-refractivity contribution in [1.82, 2.24) is 9.38 Å². The minimum atomic E-state index is 0.525. The monoisotopic (exact) mass is 294 g/mol. The van der Waals surface area contributed by atoms with Gasteiger partial charge in [0.15, 0.2) is 0 Å². The van der Waals surface area contributed by atoms with E-state index in [9.17, 15) is 0 Å². The topological polar surface area (TPSA) is 26.5 Å². The standard InChI is InChI=1S/C13H15BrN2O/c1-9-3-2-6-16-12(14)11(15-13(9)16)10-4-7-17-8-5-10/h2-3,6,10H,4-5,7-8H2,1H3. The van der Waals surface area contributed by atoms with Crippen LogP contribution in [-0.2, 0) is 4.74 Å². The first-order valence-corrected chi connectivity index (χ1v) is 6.77. The lowest BCUT2D eigenvalue weighted by Crippen LogP contribution is -2.14. The number of fused-ring (bicyclic) bond motifs is 1. The molecule has 0 bridgehead atoms. The van der Waals surface area contributed by atoms with Gasteiger partial charge in [-0.05, 0) is 47.3 Å². The third-order valence-corrected chi connectivity index (χ3v) is 4.21. The maximum atomic E-state index is 5.41. The summed E-state index contributed by atoms with van der Waals surface area (Å²) in [4.78, 5) is 4.80. The Kier molecular flexibility index (Phi) is 2.92. The summed E-state index contributed by atoms with van der Waals surface area (Å²) in [6.45, 7) is 3.80. The van der Waals surface area contributed by atoms with Gasteiger partial charge >= 0.3 is 0 Å². The molecule has 0 saturated carbocycles. The Morgan fingerprint density at radius 2 is 2.18 bits per heavy atom. The molecule has 4 heteroatoms. The molecule has 3 heterocycles. The lowest BCUT2D eigenvalue weighted by atomic mass is 9.97. The largest absolute Gasteiger partial charge is 0.381 e. The van der Waals surface area contributed by atoms with Crippen molar-refractivity contribution in [1.29, 1.82) is 0 Å². The van der Waals surface area contributed by atoms with Crippen molar-refractivity contribution in [2.24, 2.45) is 0 Å². The molecular formula is C13H15BrN2O. The number of aryl methyl sites for hydroxylation is 1. The summed E-state index contributed by atoms with van der Waals surface area (Å²) in [6, 6.07) is 4.16. The molecule has 90 valence electrons. The Morgan fingerprint density at radius 3 is 2.88 bits per heavy atom. The fourth-order valence-electron chi connectivity index (χ4n) is 2.42. The van der Waals surface area contributed by atoms with Crippen molar-refractivity contribution < 1.29 is 4.74 Å². The van der Waals surface area contributed by atoms with Gasteiger partial charge in [-0.1, -0.05) is 6.07 Å². The van der Waals surface area contributed by atoms with Crippen LogP contribution in [0, 0.1) is 6.92 Å². The molecule has 0 spiro atoms. The highest BCUT2D eigenvalue weighted by molar-refractivity contribution is 9.10. The second-order valence-corrected chi connectivity index (χ2v) is 5.31. The highest BCUT2D eigenvalue weighted by atomic mass is 79.9. The Labute approximate surface area is 109 Å². The lowest BCUT2D eigenvalue weighted by Gasteiger charge is -2.20. The highest BCUT2D eigenvalue weighted by Crippen LogP contribution is 2.32. The van der Waals surface area contributed by atoms with Gasteiger partial charge in [-0.3, -0.25) is 4.40 Å². The van der Waals surface area contributed by atoms with E-state index in [1.807, 2.05) is 0 Å². The number of halogens is 1. The predicted molar refractivity (Wildman–Crippen MR) is 70.4 cm³/mol. The Balaban J connectivity index is 2.10. The normalized spacial score (nSPS) is 17.8. The molecule has 1 aliphatic rings. The maximum Gasteiger partial charge on any atom is 0.140 e. The van der Waals surface area contributed by atoms with Crippen LogP contribution in [0.4, 0.5) is 0 Å². The second-order valence-electron chi connectivity index (χ2n) is 4.56. The van der Waals surface area contributed by atoms with Crippen LogP contribution in [0.1, 0.15) is 30.0 Å². The number of hydrogen-bond donors (Lipinski definition) is 0. The summed E-state index contributed by atoms with van der Waals surface area (Å²) < 4.78 is 8.63. The van der Waals surface area contributed by atoms with E-state index in [-0.39, 0.29) is 0 Å². The summed E-state index contributed by atoms with van der Waals surface area (Å²) in [7, 11) is 0. The van der Waals surface area contributed by atoms with Gasteiger partial charge < -0.3 is 4.74 Å².